The summed E-state index contributed by atoms with van der Waals surface area (Å²) < 4.78 is 0.546. The molecule has 88 valence electrons. The third kappa shape index (κ3) is 3.13. The van der Waals surface area contributed by atoms with Crippen LogP contribution in [0, 0.1) is 5.92 Å². The van der Waals surface area contributed by atoms with Crippen LogP contribution in [0.2, 0.25) is 0 Å². The molecule has 15 heavy (non-hydrogen) atoms. The third-order valence-electron chi connectivity index (χ3n) is 4.18. The third-order valence-corrected chi connectivity index (χ3v) is 5.72. The van der Waals surface area contributed by atoms with Crippen molar-refractivity contribution in [1.82, 2.24) is 5.32 Å². The van der Waals surface area contributed by atoms with Crippen LogP contribution in [-0.4, -0.2) is 23.1 Å². The van der Waals surface area contributed by atoms with Crippen LogP contribution in [0.4, 0.5) is 0 Å². The van der Waals surface area contributed by atoms with Crippen LogP contribution >= 0.6 is 11.8 Å². The van der Waals surface area contributed by atoms with Crippen molar-refractivity contribution in [2.75, 3.05) is 12.3 Å². The first-order valence-electron chi connectivity index (χ1n) is 6.59. The van der Waals surface area contributed by atoms with Gasteiger partial charge in [-0.2, -0.15) is 11.8 Å². The van der Waals surface area contributed by atoms with Gasteiger partial charge in [0.15, 0.2) is 0 Å². The van der Waals surface area contributed by atoms with Gasteiger partial charge in [0.1, 0.15) is 0 Å². The van der Waals surface area contributed by atoms with Gasteiger partial charge in [-0.25, -0.2) is 0 Å². The van der Waals surface area contributed by atoms with Crippen molar-refractivity contribution in [2.24, 2.45) is 5.92 Å². The first-order valence-corrected chi connectivity index (χ1v) is 7.58. The minimum atomic E-state index is 0.546. The lowest BCUT2D eigenvalue weighted by Crippen LogP contribution is -2.38. The monoisotopic (exact) mass is 227 g/mol. The Bertz CT molecular complexity index is 199. The van der Waals surface area contributed by atoms with E-state index < -0.39 is 0 Å². The smallest absolute Gasteiger partial charge is 0.0256 e. The van der Waals surface area contributed by atoms with E-state index in [4.69, 9.17) is 0 Å². The average molecular weight is 227 g/mol. The summed E-state index contributed by atoms with van der Waals surface area (Å²) in [4.78, 5) is 0. The normalized spacial score (nSPS) is 41.2. The van der Waals surface area contributed by atoms with Gasteiger partial charge >= 0.3 is 0 Å². The van der Waals surface area contributed by atoms with Gasteiger partial charge in [0.05, 0.1) is 0 Å². The van der Waals surface area contributed by atoms with Crippen LogP contribution < -0.4 is 5.32 Å². The Morgan fingerprint density at radius 2 is 2.27 bits per heavy atom. The molecule has 2 heteroatoms. The summed E-state index contributed by atoms with van der Waals surface area (Å²) in [6.45, 7) is 6.00. The van der Waals surface area contributed by atoms with Gasteiger partial charge in [-0.05, 0) is 50.7 Å². The SMILES string of the molecule is CCC1CCC(NCC2(C)CCCS2)C1. The molecule has 2 rings (SSSR count). The van der Waals surface area contributed by atoms with Crippen molar-refractivity contribution in [1.29, 1.82) is 0 Å². The predicted molar refractivity (Wildman–Crippen MR) is 69.5 cm³/mol. The highest BCUT2D eigenvalue weighted by Crippen LogP contribution is 2.37. The Kier molecular flexibility index (Phi) is 4.00. The fourth-order valence-corrected chi connectivity index (χ4v) is 4.22. The lowest BCUT2D eigenvalue weighted by atomic mass is 10.0. The molecule has 0 aromatic heterocycles. The fourth-order valence-electron chi connectivity index (χ4n) is 2.97. The summed E-state index contributed by atoms with van der Waals surface area (Å²) in [5, 5.41) is 3.81. The van der Waals surface area contributed by atoms with E-state index in [9.17, 15) is 0 Å². The summed E-state index contributed by atoms with van der Waals surface area (Å²) >= 11 is 2.17. The number of rotatable bonds is 4. The molecule has 0 bridgehead atoms. The Morgan fingerprint density at radius 1 is 1.40 bits per heavy atom. The molecule has 0 spiro atoms. The van der Waals surface area contributed by atoms with Gasteiger partial charge in [0.2, 0.25) is 0 Å². The van der Waals surface area contributed by atoms with Gasteiger partial charge in [-0.15, -0.1) is 0 Å². The van der Waals surface area contributed by atoms with E-state index in [1.54, 1.807) is 0 Å². The molecule has 2 aliphatic rings. The molecule has 1 saturated carbocycles. The molecule has 1 aliphatic heterocycles. The summed E-state index contributed by atoms with van der Waals surface area (Å²) in [6.07, 6.45) is 8.51. The van der Waals surface area contributed by atoms with Crippen LogP contribution in [0.25, 0.3) is 0 Å². The van der Waals surface area contributed by atoms with Crippen molar-refractivity contribution in [3.05, 3.63) is 0 Å². The van der Waals surface area contributed by atoms with E-state index in [-0.39, 0.29) is 0 Å². The van der Waals surface area contributed by atoms with E-state index >= 15 is 0 Å². The zero-order chi connectivity index (χ0) is 10.7. The molecule has 1 nitrogen and oxygen atoms in total. The molecule has 0 amide bonds. The lowest BCUT2D eigenvalue weighted by molar-refractivity contribution is 0.445. The second-order valence-corrected chi connectivity index (χ2v) is 7.25. The minimum absolute atomic E-state index is 0.546. The number of nitrogens with one attached hydrogen (secondary N) is 1. The predicted octanol–water partition coefficient (Wildman–Crippen LogP) is 3.44. The highest BCUT2D eigenvalue weighted by atomic mass is 32.2. The first-order chi connectivity index (χ1) is 7.22. The van der Waals surface area contributed by atoms with Crippen molar-refractivity contribution in [3.8, 4) is 0 Å². The molecule has 1 heterocycles. The van der Waals surface area contributed by atoms with Crippen molar-refractivity contribution >= 4 is 11.8 Å². The lowest BCUT2D eigenvalue weighted by Gasteiger charge is -2.25. The average Bonchev–Trinajstić information content (AvgIpc) is 2.84. The molecule has 2 fully saturated rings. The highest BCUT2D eigenvalue weighted by molar-refractivity contribution is 8.00. The van der Waals surface area contributed by atoms with Crippen LogP contribution in [0.15, 0.2) is 0 Å². The van der Waals surface area contributed by atoms with E-state index in [0.29, 0.717) is 4.75 Å². The topological polar surface area (TPSA) is 12.0 Å². The highest BCUT2D eigenvalue weighted by Gasteiger charge is 2.31. The molecule has 1 aliphatic carbocycles. The number of thioether (sulfide) groups is 1. The summed E-state index contributed by atoms with van der Waals surface area (Å²) in [6, 6.07) is 0.827. The molecule has 0 aromatic rings. The number of hydrogen-bond donors (Lipinski definition) is 1. The molecular weight excluding hydrogens is 202 g/mol. The van der Waals surface area contributed by atoms with Gasteiger partial charge in [0.25, 0.3) is 0 Å². The second-order valence-electron chi connectivity index (χ2n) is 5.57. The zero-order valence-corrected chi connectivity index (χ0v) is 11.0. The fraction of sp³-hybridized carbons (Fsp3) is 1.00. The molecule has 3 unspecified atom stereocenters. The minimum Gasteiger partial charge on any atom is -0.313 e. The van der Waals surface area contributed by atoms with E-state index in [1.807, 2.05) is 0 Å². The van der Waals surface area contributed by atoms with Crippen LogP contribution in [0.1, 0.15) is 52.4 Å². The largest absolute Gasteiger partial charge is 0.313 e. The van der Waals surface area contributed by atoms with E-state index in [1.165, 1.54) is 50.8 Å². The van der Waals surface area contributed by atoms with Crippen molar-refractivity contribution in [2.45, 2.75) is 63.2 Å². The maximum atomic E-state index is 3.81. The molecular formula is C13H25NS. The Hall–Kier alpha value is 0.310. The van der Waals surface area contributed by atoms with Crippen molar-refractivity contribution in [3.63, 3.8) is 0 Å². The quantitative estimate of drug-likeness (QED) is 0.789. The van der Waals surface area contributed by atoms with E-state index in [0.717, 1.165) is 12.0 Å². The summed E-state index contributed by atoms with van der Waals surface area (Å²) in [5.74, 6) is 2.38. The molecule has 0 aromatic carbocycles. The van der Waals surface area contributed by atoms with Gasteiger partial charge in [0, 0.05) is 17.3 Å². The standard InChI is InChI=1S/C13H25NS/c1-3-11-5-6-12(9-11)14-10-13(2)7-4-8-15-13/h11-12,14H,3-10H2,1-2H3. The maximum Gasteiger partial charge on any atom is 0.0256 e. The first kappa shape index (κ1) is 11.8. The Labute approximate surface area is 98.8 Å². The van der Waals surface area contributed by atoms with Gasteiger partial charge in [-0.1, -0.05) is 13.3 Å². The Balaban J connectivity index is 1.70. The molecule has 1 saturated heterocycles. The molecule has 0 radical (unpaired) electrons. The summed E-state index contributed by atoms with van der Waals surface area (Å²) in [7, 11) is 0. The van der Waals surface area contributed by atoms with Crippen LogP contribution in [0.3, 0.4) is 0 Å². The maximum absolute atomic E-state index is 3.81. The zero-order valence-electron chi connectivity index (χ0n) is 10.2. The van der Waals surface area contributed by atoms with Crippen LogP contribution in [0.5, 0.6) is 0 Å². The second kappa shape index (κ2) is 5.09. The van der Waals surface area contributed by atoms with Gasteiger partial charge in [-0.3, -0.25) is 0 Å². The molecule has 3 atom stereocenters. The van der Waals surface area contributed by atoms with E-state index in [2.05, 4.69) is 30.9 Å². The van der Waals surface area contributed by atoms with Gasteiger partial charge < -0.3 is 5.32 Å². The van der Waals surface area contributed by atoms with Crippen LogP contribution in [-0.2, 0) is 0 Å². The number of hydrogen-bond acceptors (Lipinski definition) is 2. The van der Waals surface area contributed by atoms with Crippen molar-refractivity contribution < 1.29 is 0 Å². The molecule has 1 N–H and O–H groups in total. The summed E-state index contributed by atoms with van der Waals surface area (Å²) in [5.41, 5.74) is 0. The Morgan fingerprint density at radius 3 is 2.87 bits per heavy atom.